The average Bonchev–Trinajstić information content (AvgIpc) is 2.94. The summed E-state index contributed by atoms with van der Waals surface area (Å²) in [5.41, 5.74) is 0.516. The van der Waals surface area contributed by atoms with E-state index in [9.17, 15) is 9.90 Å². The molecular formula is C16H23ClN2O4. The molecule has 0 radical (unpaired) electrons. The monoisotopic (exact) mass is 342 g/mol. The third kappa shape index (κ3) is 4.28. The summed E-state index contributed by atoms with van der Waals surface area (Å²) in [7, 11) is 0. The van der Waals surface area contributed by atoms with Crippen molar-refractivity contribution >= 4 is 23.3 Å². The number of ether oxygens (including phenoxy) is 2. The van der Waals surface area contributed by atoms with Crippen LogP contribution in [0.3, 0.4) is 0 Å². The molecule has 0 spiro atoms. The Balaban J connectivity index is 2.13. The number of nitrogens with zero attached hydrogens (tertiary/aromatic N) is 1. The molecule has 2 atom stereocenters. The van der Waals surface area contributed by atoms with Gasteiger partial charge in [-0.2, -0.15) is 0 Å². The smallest absolute Gasteiger partial charge is 0.322 e. The molecule has 2 N–H and O–H groups in total. The Bertz CT molecular complexity index is 541. The minimum absolute atomic E-state index is 0.247. The van der Waals surface area contributed by atoms with Crippen molar-refractivity contribution in [2.75, 3.05) is 31.7 Å². The molecule has 1 aliphatic heterocycles. The summed E-state index contributed by atoms with van der Waals surface area (Å²) in [5.74, 6) is 0.462. The molecule has 2 rings (SSSR count). The highest BCUT2D eigenvalue weighted by Crippen LogP contribution is 2.33. The van der Waals surface area contributed by atoms with E-state index in [1.807, 2.05) is 13.8 Å². The number of hydrogen-bond acceptors (Lipinski definition) is 4. The molecule has 1 aliphatic rings. The summed E-state index contributed by atoms with van der Waals surface area (Å²) >= 11 is 6.16. The van der Waals surface area contributed by atoms with Gasteiger partial charge < -0.3 is 24.8 Å². The van der Waals surface area contributed by atoms with E-state index in [1.165, 1.54) is 0 Å². The van der Waals surface area contributed by atoms with Crippen LogP contribution in [0.5, 0.6) is 5.75 Å². The molecule has 0 bridgehead atoms. The first-order valence-corrected chi connectivity index (χ1v) is 8.21. The number of anilines is 1. The van der Waals surface area contributed by atoms with Crippen LogP contribution in [0.2, 0.25) is 5.02 Å². The quantitative estimate of drug-likeness (QED) is 0.834. The number of urea groups is 1. The number of amides is 2. The molecule has 128 valence electrons. The van der Waals surface area contributed by atoms with Crippen molar-refractivity contribution in [2.24, 2.45) is 0 Å². The molecular weight excluding hydrogens is 320 g/mol. The van der Waals surface area contributed by atoms with Gasteiger partial charge in [-0.1, -0.05) is 24.6 Å². The molecule has 2 amide bonds. The van der Waals surface area contributed by atoms with Gasteiger partial charge in [0.25, 0.3) is 0 Å². The van der Waals surface area contributed by atoms with Gasteiger partial charge in [-0.25, -0.2) is 4.79 Å². The van der Waals surface area contributed by atoms with Crippen LogP contribution < -0.4 is 10.1 Å². The topological polar surface area (TPSA) is 71.0 Å². The standard InChI is InChI=1S/C16H23ClN2O4/c1-3-8-23-15-11(17)6-5-7-12(15)18-16(21)19(4-2)13-9-22-10-14(13)20/h5-7,13-14,20H,3-4,8-10H2,1-2H3,(H,18,21)/t13-,14-/m0/s1. The van der Waals surface area contributed by atoms with Crippen LogP contribution in [-0.2, 0) is 4.74 Å². The molecule has 1 heterocycles. The molecule has 23 heavy (non-hydrogen) atoms. The molecule has 7 heteroatoms. The maximum absolute atomic E-state index is 12.6. The molecule has 1 aromatic carbocycles. The summed E-state index contributed by atoms with van der Waals surface area (Å²) in [4.78, 5) is 14.1. The summed E-state index contributed by atoms with van der Waals surface area (Å²) in [6, 6.07) is 4.55. The lowest BCUT2D eigenvalue weighted by atomic mass is 10.2. The van der Waals surface area contributed by atoms with Gasteiger partial charge in [0.05, 0.1) is 42.7 Å². The lowest BCUT2D eigenvalue weighted by Crippen LogP contribution is -2.48. The number of benzene rings is 1. The van der Waals surface area contributed by atoms with Gasteiger partial charge in [0.1, 0.15) is 0 Å². The lowest BCUT2D eigenvalue weighted by Gasteiger charge is -2.29. The number of aliphatic hydroxyl groups excluding tert-OH is 1. The van der Waals surface area contributed by atoms with E-state index in [0.29, 0.717) is 36.2 Å². The number of nitrogens with one attached hydrogen (secondary N) is 1. The predicted octanol–water partition coefficient (Wildman–Crippen LogP) is 2.74. The highest BCUT2D eigenvalue weighted by molar-refractivity contribution is 6.32. The number of likely N-dealkylation sites (N-methyl/N-ethyl adjacent to an activating group) is 1. The zero-order chi connectivity index (χ0) is 16.8. The van der Waals surface area contributed by atoms with Gasteiger partial charge in [-0.15, -0.1) is 0 Å². The van der Waals surface area contributed by atoms with Crippen molar-refractivity contribution < 1.29 is 19.4 Å². The minimum Gasteiger partial charge on any atom is -0.490 e. The van der Waals surface area contributed by atoms with Gasteiger partial charge in [0.2, 0.25) is 0 Å². The Kier molecular flexibility index (Phi) is 6.50. The summed E-state index contributed by atoms with van der Waals surface area (Å²) in [6.07, 6.45) is 0.168. The van der Waals surface area contributed by atoms with Crippen molar-refractivity contribution in [3.05, 3.63) is 23.2 Å². The van der Waals surface area contributed by atoms with Crippen molar-refractivity contribution in [3.63, 3.8) is 0 Å². The fourth-order valence-corrected chi connectivity index (χ4v) is 2.73. The molecule has 0 aromatic heterocycles. The third-order valence-electron chi connectivity index (χ3n) is 3.68. The molecule has 1 aromatic rings. The Morgan fingerprint density at radius 2 is 2.26 bits per heavy atom. The SMILES string of the molecule is CCCOc1c(Cl)cccc1NC(=O)N(CC)[C@H]1COC[C@@H]1O. The lowest BCUT2D eigenvalue weighted by molar-refractivity contribution is 0.1000. The second-order valence-corrected chi connectivity index (χ2v) is 5.76. The zero-order valence-electron chi connectivity index (χ0n) is 13.4. The van der Waals surface area contributed by atoms with E-state index in [1.54, 1.807) is 23.1 Å². The average molecular weight is 343 g/mol. The van der Waals surface area contributed by atoms with Crippen molar-refractivity contribution in [1.29, 1.82) is 0 Å². The number of aliphatic hydroxyl groups is 1. The number of hydrogen-bond donors (Lipinski definition) is 2. The first-order valence-electron chi connectivity index (χ1n) is 7.83. The molecule has 6 nitrogen and oxygen atoms in total. The highest BCUT2D eigenvalue weighted by atomic mass is 35.5. The Labute approximate surface area is 141 Å². The van der Waals surface area contributed by atoms with Gasteiger partial charge in [0.15, 0.2) is 5.75 Å². The van der Waals surface area contributed by atoms with Gasteiger partial charge in [0, 0.05) is 6.54 Å². The summed E-state index contributed by atoms with van der Waals surface area (Å²) in [6.45, 7) is 5.40. The molecule has 0 saturated carbocycles. The van der Waals surface area contributed by atoms with Crippen LogP contribution in [0.4, 0.5) is 10.5 Å². The molecule has 0 unspecified atom stereocenters. The van der Waals surface area contributed by atoms with Crippen LogP contribution in [-0.4, -0.2) is 54.5 Å². The van der Waals surface area contributed by atoms with E-state index in [0.717, 1.165) is 6.42 Å². The number of rotatable bonds is 6. The second kappa shape index (κ2) is 8.38. The summed E-state index contributed by atoms with van der Waals surface area (Å²) < 4.78 is 10.9. The number of carbonyl (C=O) groups is 1. The van der Waals surface area contributed by atoms with Gasteiger partial charge >= 0.3 is 6.03 Å². The van der Waals surface area contributed by atoms with E-state index in [-0.39, 0.29) is 18.7 Å². The summed E-state index contributed by atoms with van der Waals surface area (Å²) in [5, 5.41) is 13.2. The fraction of sp³-hybridized carbons (Fsp3) is 0.562. The van der Waals surface area contributed by atoms with Crippen LogP contribution in [0.15, 0.2) is 18.2 Å². The third-order valence-corrected chi connectivity index (χ3v) is 3.98. The predicted molar refractivity (Wildman–Crippen MR) is 89.3 cm³/mol. The normalized spacial score (nSPS) is 20.3. The largest absolute Gasteiger partial charge is 0.490 e. The Hall–Kier alpha value is -1.50. The van der Waals surface area contributed by atoms with Crippen LogP contribution in [0, 0.1) is 0 Å². The van der Waals surface area contributed by atoms with Crippen LogP contribution in [0.25, 0.3) is 0 Å². The van der Waals surface area contributed by atoms with Crippen LogP contribution in [0.1, 0.15) is 20.3 Å². The minimum atomic E-state index is -0.670. The van der Waals surface area contributed by atoms with E-state index in [2.05, 4.69) is 5.32 Å². The van der Waals surface area contributed by atoms with E-state index >= 15 is 0 Å². The van der Waals surface area contributed by atoms with E-state index in [4.69, 9.17) is 21.1 Å². The maximum atomic E-state index is 12.6. The first kappa shape index (κ1) is 17.8. The van der Waals surface area contributed by atoms with E-state index < -0.39 is 6.10 Å². The van der Waals surface area contributed by atoms with Crippen molar-refractivity contribution in [1.82, 2.24) is 4.90 Å². The Morgan fingerprint density at radius 3 is 2.87 bits per heavy atom. The number of carbonyl (C=O) groups excluding carboxylic acids is 1. The van der Waals surface area contributed by atoms with Crippen LogP contribution >= 0.6 is 11.6 Å². The van der Waals surface area contributed by atoms with Gasteiger partial charge in [-0.05, 0) is 25.5 Å². The fourth-order valence-electron chi connectivity index (χ4n) is 2.50. The first-order chi connectivity index (χ1) is 11.1. The molecule has 1 fully saturated rings. The second-order valence-electron chi connectivity index (χ2n) is 5.35. The highest BCUT2D eigenvalue weighted by Gasteiger charge is 2.34. The molecule has 1 saturated heterocycles. The maximum Gasteiger partial charge on any atom is 0.322 e. The number of para-hydroxylation sites is 1. The number of halogens is 1. The zero-order valence-corrected chi connectivity index (χ0v) is 14.2. The Morgan fingerprint density at radius 1 is 1.48 bits per heavy atom. The molecule has 0 aliphatic carbocycles. The van der Waals surface area contributed by atoms with Gasteiger partial charge in [-0.3, -0.25) is 0 Å². The van der Waals surface area contributed by atoms with Crippen molar-refractivity contribution in [3.8, 4) is 5.75 Å². The van der Waals surface area contributed by atoms with Crippen molar-refractivity contribution in [2.45, 2.75) is 32.4 Å².